The molecule has 0 radical (unpaired) electrons. The Labute approximate surface area is 154 Å². The van der Waals surface area contributed by atoms with Crippen molar-refractivity contribution < 1.29 is 14.7 Å². The van der Waals surface area contributed by atoms with Gasteiger partial charge in [-0.2, -0.15) is 0 Å². The Kier molecular flexibility index (Phi) is 5.18. The number of aliphatic hydroxyl groups is 1. The highest BCUT2D eigenvalue weighted by atomic mass is 16.3. The number of nitrogens with zero attached hydrogens (tertiary/aromatic N) is 4. The first-order valence-corrected chi connectivity index (χ1v) is 9.17. The third-order valence-electron chi connectivity index (χ3n) is 5.58. The molecule has 1 N–H and O–H groups in total. The summed E-state index contributed by atoms with van der Waals surface area (Å²) in [5, 5.41) is 10.2. The summed E-state index contributed by atoms with van der Waals surface area (Å²) in [6, 6.07) is 5.53. The lowest BCUT2D eigenvalue weighted by atomic mass is 9.71. The van der Waals surface area contributed by atoms with Gasteiger partial charge >= 0.3 is 0 Å². The van der Waals surface area contributed by atoms with Gasteiger partial charge < -0.3 is 19.8 Å². The molecule has 7 nitrogen and oxygen atoms in total. The number of aliphatic hydroxyl groups excluding tert-OH is 1. The van der Waals surface area contributed by atoms with Gasteiger partial charge in [0.25, 0.3) is 5.91 Å². The fraction of sp³-hybridized carbons (Fsp3) is 0.632. The van der Waals surface area contributed by atoms with E-state index in [9.17, 15) is 14.7 Å². The summed E-state index contributed by atoms with van der Waals surface area (Å²) in [4.78, 5) is 33.9. The molecule has 142 valence electrons. The number of rotatable bonds is 2. The molecule has 3 heterocycles. The second kappa shape index (κ2) is 7.23. The average molecular weight is 360 g/mol. The zero-order valence-corrected chi connectivity index (χ0v) is 15.8. The summed E-state index contributed by atoms with van der Waals surface area (Å²) in [5.74, 6) is 0.738. The maximum atomic E-state index is 12.1. The number of carbonyl (C=O) groups is 2. The van der Waals surface area contributed by atoms with Crippen molar-refractivity contribution in [1.82, 2.24) is 14.8 Å². The molecule has 2 aliphatic rings. The molecule has 2 amide bonds. The smallest absolute Gasteiger partial charge is 0.272 e. The molecule has 2 fully saturated rings. The van der Waals surface area contributed by atoms with E-state index in [0.717, 1.165) is 44.7 Å². The molecule has 1 atom stereocenters. The molecule has 2 saturated heterocycles. The number of anilines is 1. The van der Waals surface area contributed by atoms with Crippen molar-refractivity contribution in [2.75, 3.05) is 45.2 Å². The Morgan fingerprint density at radius 2 is 1.96 bits per heavy atom. The zero-order valence-electron chi connectivity index (χ0n) is 15.8. The number of hydrogen-bond acceptors (Lipinski definition) is 5. The molecule has 0 saturated carbocycles. The number of hydrogen-bond donors (Lipinski definition) is 1. The van der Waals surface area contributed by atoms with Gasteiger partial charge in [-0.15, -0.1) is 0 Å². The first kappa shape index (κ1) is 18.6. The van der Waals surface area contributed by atoms with E-state index in [4.69, 9.17) is 0 Å². The van der Waals surface area contributed by atoms with Crippen LogP contribution in [0.15, 0.2) is 18.2 Å². The summed E-state index contributed by atoms with van der Waals surface area (Å²) in [6.45, 7) is 4.35. The van der Waals surface area contributed by atoms with Crippen LogP contribution in [0.2, 0.25) is 0 Å². The van der Waals surface area contributed by atoms with Crippen LogP contribution in [0.1, 0.15) is 36.7 Å². The Hall–Kier alpha value is -2.15. The summed E-state index contributed by atoms with van der Waals surface area (Å²) >= 11 is 0. The van der Waals surface area contributed by atoms with Crippen LogP contribution in [-0.4, -0.2) is 78.1 Å². The molecule has 1 spiro atoms. The lowest BCUT2D eigenvalue weighted by Crippen LogP contribution is -2.55. The number of piperidine rings is 2. The van der Waals surface area contributed by atoms with Gasteiger partial charge in [-0.1, -0.05) is 6.07 Å². The first-order chi connectivity index (χ1) is 12.3. The van der Waals surface area contributed by atoms with Gasteiger partial charge in [0.1, 0.15) is 11.5 Å². The van der Waals surface area contributed by atoms with Gasteiger partial charge in [0.15, 0.2) is 0 Å². The molecule has 0 bridgehead atoms. The predicted octanol–water partition coefficient (Wildman–Crippen LogP) is 0.983. The van der Waals surface area contributed by atoms with E-state index in [-0.39, 0.29) is 17.2 Å². The maximum absolute atomic E-state index is 12.1. The highest BCUT2D eigenvalue weighted by Crippen LogP contribution is 2.40. The van der Waals surface area contributed by atoms with Crippen LogP contribution in [0.25, 0.3) is 0 Å². The van der Waals surface area contributed by atoms with Crippen molar-refractivity contribution in [3.63, 3.8) is 0 Å². The normalized spacial score (nSPS) is 22.4. The predicted molar refractivity (Wildman–Crippen MR) is 99.0 cm³/mol. The summed E-state index contributed by atoms with van der Waals surface area (Å²) in [7, 11) is 3.44. The zero-order chi connectivity index (χ0) is 18.9. The van der Waals surface area contributed by atoms with Crippen molar-refractivity contribution in [3.05, 3.63) is 23.9 Å². The fourth-order valence-electron chi connectivity index (χ4n) is 4.11. The molecular weight excluding hydrogens is 332 g/mol. The number of likely N-dealkylation sites (tertiary alicyclic amines) is 1. The van der Waals surface area contributed by atoms with Crippen LogP contribution in [0, 0.1) is 5.41 Å². The van der Waals surface area contributed by atoms with Crippen molar-refractivity contribution in [2.24, 2.45) is 5.41 Å². The lowest BCUT2D eigenvalue weighted by molar-refractivity contribution is -0.137. The number of amides is 2. The monoisotopic (exact) mass is 360 g/mol. The SMILES string of the molecule is CC(=O)N1CC(O)CC2(CCN(c3cccc(C(=O)N(C)C)n3)CC2)C1. The van der Waals surface area contributed by atoms with Crippen molar-refractivity contribution in [1.29, 1.82) is 0 Å². The van der Waals surface area contributed by atoms with Gasteiger partial charge in [-0.3, -0.25) is 9.59 Å². The van der Waals surface area contributed by atoms with E-state index in [2.05, 4.69) is 9.88 Å². The minimum absolute atomic E-state index is 0.0170. The third-order valence-corrected chi connectivity index (χ3v) is 5.58. The average Bonchev–Trinajstić information content (AvgIpc) is 2.61. The van der Waals surface area contributed by atoms with Crippen molar-refractivity contribution in [2.45, 2.75) is 32.3 Å². The van der Waals surface area contributed by atoms with E-state index < -0.39 is 6.10 Å². The molecule has 1 aromatic heterocycles. The Morgan fingerprint density at radius 3 is 2.58 bits per heavy atom. The molecule has 1 aromatic rings. The molecule has 2 aliphatic heterocycles. The maximum Gasteiger partial charge on any atom is 0.272 e. The largest absolute Gasteiger partial charge is 0.391 e. The Balaban J connectivity index is 1.70. The molecular formula is C19H28N4O3. The molecule has 7 heteroatoms. The van der Waals surface area contributed by atoms with Crippen LogP contribution >= 0.6 is 0 Å². The quantitative estimate of drug-likeness (QED) is 0.851. The molecule has 1 unspecified atom stereocenters. The number of carbonyl (C=O) groups excluding carboxylic acids is 2. The Bertz CT molecular complexity index is 683. The summed E-state index contributed by atoms with van der Waals surface area (Å²) < 4.78 is 0. The van der Waals surface area contributed by atoms with E-state index >= 15 is 0 Å². The number of pyridine rings is 1. The highest BCUT2D eigenvalue weighted by molar-refractivity contribution is 5.92. The van der Waals surface area contributed by atoms with Crippen molar-refractivity contribution >= 4 is 17.6 Å². The van der Waals surface area contributed by atoms with Gasteiger partial charge in [0.2, 0.25) is 5.91 Å². The first-order valence-electron chi connectivity index (χ1n) is 9.17. The van der Waals surface area contributed by atoms with Gasteiger partial charge in [0, 0.05) is 47.2 Å². The molecule has 3 rings (SSSR count). The van der Waals surface area contributed by atoms with E-state index in [1.54, 1.807) is 32.0 Å². The Morgan fingerprint density at radius 1 is 1.27 bits per heavy atom. The van der Waals surface area contributed by atoms with Gasteiger partial charge in [-0.05, 0) is 36.8 Å². The molecule has 26 heavy (non-hydrogen) atoms. The highest BCUT2D eigenvalue weighted by Gasteiger charge is 2.42. The molecule has 0 aliphatic carbocycles. The van der Waals surface area contributed by atoms with Crippen LogP contribution in [0.4, 0.5) is 5.82 Å². The minimum Gasteiger partial charge on any atom is -0.391 e. The van der Waals surface area contributed by atoms with Crippen LogP contribution in [0.3, 0.4) is 0 Å². The molecule has 0 aromatic carbocycles. The van der Waals surface area contributed by atoms with Crippen LogP contribution < -0.4 is 4.90 Å². The number of aromatic nitrogens is 1. The lowest BCUT2D eigenvalue weighted by Gasteiger charge is -2.49. The van der Waals surface area contributed by atoms with Crippen molar-refractivity contribution in [3.8, 4) is 0 Å². The summed E-state index contributed by atoms with van der Waals surface area (Å²) in [5.41, 5.74) is 0.431. The van der Waals surface area contributed by atoms with Crippen LogP contribution in [-0.2, 0) is 4.79 Å². The fourth-order valence-corrected chi connectivity index (χ4v) is 4.11. The number of β-amino-alcohol motifs (C(OH)–C–C–N with tert-alkyl or cyclic N) is 1. The second-order valence-corrected chi connectivity index (χ2v) is 7.83. The topological polar surface area (TPSA) is 77.0 Å². The standard InChI is InChI=1S/C19H28N4O3/c1-14(24)23-12-15(25)11-19(13-23)7-9-22(10-8-19)17-6-4-5-16(20-17)18(26)21(2)3/h4-6,15,25H,7-13H2,1-3H3. The second-order valence-electron chi connectivity index (χ2n) is 7.83. The third kappa shape index (κ3) is 3.82. The van der Waals surface area contributed by atoms with Crippen LogP contribution in [0.5, 0.6) is 0 Å². The van der Waals surface area contributed by atoms with Gasteiger partial charge in [-0.25, -0.2) is 4.98 Å². The van der Waals surface area contributed by atoms with E-state index in [0.29, 0.717) is 12.2 Å². The minimum atomic E-state index is -0.446. The van der Waals surface area contributed by atoms with E-state index in [1.807, 2.05) is 12.1 Å². The van der Waals surface area contributed by atoms with Gasteiger partial charge in [0.05, 0.1) is 6.10 Å². The summed E-state index contributed by atoms with van der Waals surface area (Å²) in [6.07, 6.45) is 2.11. The van der Waals surface area contributed by atoms with E-state index in [1.165, 1.54) is 4.90 Å².